The maximum Gasteiger partial charge on any atom is 0.305 e. The Hall–Kier alpha value is -9.32. The number of phenolic OH excluding ortho intramolecular Hbond substituents is 1. The van der Waals surface area contributed by atoms with Gasteiger partial charge in [-0.25, -0.2) is 9.37 Å². The lowest BCUT2D eigenvalue weighted by Crippen LogP contribution is -2.62. The Kier molecular flexibility index (Phi) is 27.0. The highest BCUT2D eigenvalue weighted by Gasteiger charge is 2.48. The number of nitrogens with two attached hydrogens (primary N) is 2. The molecule has 4 heterocycles. The predicted molar refractivity (Wildman–Crippen MR) is 364 cm³/mol. The lowest BCUT2D eigenvalue weighted by atomic mass is 9.95. The third kappa shape index (κ3) is 21.3. The molecule has 0 saturated carbocycles. The van der Waals surface area contributed by atoms with Crippen LogP contribution in [0.15, 0.2) is 110 Å². The van der Waals surface area contributed by atoms with Gasteiger partial charge < -0.3 is 79.1 Å². The second-order valence-electron chi connectivity index (χ2n) is 24.4. The number of imidazole rings is 1. The number of amides is 9. The van der Waals surface area contributed by atoms with Crippen molar-refractivity contribution in [3.05, 3.63) is 155 Å². The van der Waals surface area contributed by atoms with Gasteiger partial charge in [-0.05, 0) is 116 Å². The van der Waals surface area contributed by atoms with E-state index in [4.69, 9.17) is 11.5 Å². The number of aromatic hydroxyl groups is 1. The zero-order valence-electron chi connectivity index (χ0n) is 54.1. The summed E-state index contributed by atoms with van der Waals surface area (Å²) < 4.78 is 14.9. The average molecular weight is 1370 g/mol. The minimum absolute atomic E-state index is 0.0641. The predicted octanol–water partition coefficient (Wildman–Crippen LogP) is 2.55. The van der Waals surface area contributed by atoms with Gasteiger partial charge >= 0.3 is 5.97 Å². The topological polar surface area (TPSA) is 407 Å². The van der Waals surface area contributed by atoms with E-state index in [-0.39, 0.29) is 57.5 Å². The normalized spacial score (nSPS) is 23.1. The number of carboxylic acid groups (broad SMARTS) is 1. The molecule has 4 aromatic carbocycles. The molecular formula is C68H85FN14O12S2. The molecule has 26 nitrogen and oxygen atoms in total. The number of nitrogens with one attached hydrogen (secondary N) is 10. The number of carboxylic acids is 1. The number of hydrogen-bond donors (Lipinski definition) is 14. The fraction of sp³-hybridized carbons (Fsp3) is 0.426. The van der Waals surface area contributed by atoms with Crippen LogP contribution in [0.1, 0.15) is 97.9 Å². The average Bonchev–Trinajstić information content (AvgIpc) is 1.57. The SMILES string of the molecule is C[C@H]1NC(=O)[C@H](CCCCN)NC(=O)CCSCc2cccc(c2)CSCCNC(=O)[C@]2(C)CCCN2C(=O)[C@H](Cc2ccc(O)cc2)NC(=O)[C@H](Cc2cnc[nH]2)NC(=O)[C@H](CC(=O)O)NC(=O)[C@H](Cc2c[nH]c3ccc(F)cc23)NC(=O)[C@H](Cc2cccc(CN)c2)NC1=O. The molecule has 29 heteroatoms. The molecule has 518 valence electrons. The Morgan fingerprint density at radius 1 is 0.670 bits per heavy atom. The molecule has 16 N–H and O–H groups in total. The highest BCUT2D eigenvalue weighted by Crippen LogP contribution is 2.31. The fourth-order valence-corrected chi connectivity index (χ4v) is 13.4. The maximum absolute atomic E-state index is 15.1. The van der Waals surface area contributed by atoms with Gasteiger partial charge in [0.05, 0.1) is 12.7 Å². The van der Waals surface area contributed by atoms with Crippen LogP contribution >= 0.6 is 23.5 Å². The van der Waals surface area contributed by atoms with Crippen molar-refractivity contribution in [3.63, 3.8) is 0 Å². The van der Waals surface area contributed by atoms with Crippen molar-refractivity contribution in [1.29, 1.82) is 0 Å². The van der Waals surface area contributed by atoms with Crippen LogP contribution < -0.4 is 54.0 Å². The number of hydrogen-bond acceptors (Lipinski definition) is 16. The summed E-state index contributed by atoms with van der Waals surface area (Å²) in [7, 11) is 0. The van der Waals surface area contributed by atoms with E-state index in [0.717, 1.165) is 11.1 Å². The van der Waals surface area contributed by atoms with E-state index >= 15 is 14.4 Å². The van der Waals surface area contributed by atoms with E-state index < -0.39 is 126 Å². The van der Waals surface area contributed by atoms with Crippen molar-refractivity contribution in [2.75, 3.05) is 31.1 Å². The second kappa shape index (κ2) is 35.6. The number of fused-ring (bicyclic) bond motifs is 4. The highest BCUT2D eigenvalue weighted by atomic mass is 32.2. The first-order valence-corrected chi connectivity index (χ1v) is 34.6. The van der Waals surface area contributed by atoms with Gasteiger partial charge in [0.15, 0.2) is 0 Å². The van der Waals surface area contributed by atoms with Gasteiger partial charge in [0.25, 0.3) is 0 Å². The van der Waals surface area contributed by atoms with Gasteiger partial charge in [-0.3, -0.25) is 47.9 Å². The molecule has 1 fully saturated rings. The van der Waals surface area contributed by atoms with Crippen molar-refractivity contribution < 1.29 is 62.5 Å². The van der Waals surface area contributed by atoms with Crippen LogP contribution in [-0.4, -0.2) is 168 Å². The molecule has 2 aliphatic heterocycles. The van der Waals surface area contributed by atoms with Gasteiger partial charge in [-0.2, -0.15) is 23.5 Å². The lowest BCUT2D eigenvalue weighted by Gasteiger charge is -2.36. The molecule has 9 amide bonds. The van der Waals surface area contributed by atoms with Crippen LogP contribution in [0.25, 0.3) is 10.9 Å². The zero-order chi connectivity index (χ0) is 69.6. The van der Waals surface area contributed by atoms with Crippen LogP contribution in [0.5, 0.6) is 5.75 Å². The molecule has 8 atom stereocenters. The van der Waals surface area contributed by atoms with E-state index in [9.17, 15) is 48.2 Å². The first-order valence-electron chi connectivity index (χ1n) is 32.2. The molecule has 2 aromatic heterocycles. The summed E-state index contributed by atoms with van der Waals surface area (Å²) in [5.74, 6) is -7.28. The molecule has 97 heavy (non-hydrogen) atoms. The van der Waals surface area contributed by atoms with Gasteiger partial charge in [-0.15, -0.1) is 0 Å². The van der Waals surface area contributed by atoms with E-state index in [1.54, 1.807) is 55.1 Å². The number of benzene rings is 4. The van der Waals surface area contributed by atoms with Crippen LogP contribution in [0, 0.1) is 5.82 Å². The highest BCUT2D eigenvalue weighted by molar-refractivity contribution is 7.98. The van der Waals surface area contributed by atoms with E-state index in [1.807, 2.05) is 18.2 Å². The van der Waals surface area contributed by atoms with Crippen LogP contribution in [-0.2, 0) is 91.7 Å². The molecule has 2 aliphatic rings. The Bertz CT molecular complexity index is 3750. The number of halogens is 1. The van der Waals surface area contributed by atoms with Gasteiger partial charge in [0.2, 0.25) is 53.2 Å². The number of thioether (sulfide) groups is 2. The fourth-order valence-electron chi connectivity index (χ4n) is 11.7. The molecule has 0 spiro atoms. The number of aromatic nitrogens is 3. The number of aromatic amines is 2. The summed E-state index contributed by atoms with van der Waals surface area (Å²) in [6, 6.07) is 14.0. The summed E-state index contributed by atoms with van der Waals surface area (Å²) >= 11 is 3.13. The zero-order valence-corrected chi connectivity index (χ0v) is 55.7. The quantitative estimate of drug-likeness (QED) is 0.0657. The number of aliphatic carboxylic acids is 1. The molecule has 0 aliphatic carbocycles. The van der Waals surface area contributed by atoms with Crippen molar-refractivity contribution in [2.45, 2.75) is 150 Å². The summed E-state index contributed by atoms with van der Waals surface area (Å²) in [6.45, 7) is 3.90. The number of phenols is 1. The first-order chi connectivity index (χ1) is 46.6. The smallest absolute Gasteiger partial charge is 0.305 e. The summed E-state index contributed by atoms with van der Waals surface area (Å²) in [6.07, 6.45) is 4.02. The largest absolute Gasteiger partial charge is 0.508 e. The summed E-state index contributed by atoms with van der Waals surface area (Å²) in [5, 5.41) is 42.6. The molecule has 2 bridgehead atoms. The van der Waals surface area contributed by atoms with E-state index in [2.05, 4.69) is 63.6 Å². The number of rotatable bonds is 15. The van der Waals surface area contributed by atoms with Gasteiger partial charge in [0.1, 0.15) is 59.4 Å². The monoisotopic (exact) mass is 1370 g/mol. The van der Waals surface area contributed by atoms with Gasteiger partial charge in [0, 0.05) is 104 Å². The molecule has 6 aromatic rings. The van der Waals surface area contributed by atoms with Crippen molar-refractivity contribution in [3.8, 4) is 5.75 Å². The Labute approximate surface area is 569 Å². The number of H-pyrrole nitrogens is 2. The van der Waals surface area contributed by atoms with Gasteiger partial charge in [-0.1, -0.05) is 60.7 Å². The van der Waals surface area contributed by atoms with Crippen molar-refractivity contribution in [1.82, 2.24) is 62.4 Å². The number of unbranched alkanes of at least 4 members (excludes halogenated alkanes) is 1. The third-order valence-corrected chi connectivity index (χ3v) is 19.0. The number of nitrogens with zero attached hydrogens (tertiary/aromatic N) is 2. The summed E-state index contributed by atoms with van der Waals surface area (Å²) in [5.41, 5.74) is 15.3. The molecule has 0 unspecified atom stereocenters. The van der Waals surface area contributed by atoms with Crippen LogP contribution in [0.4, 0.5) is 4.39 Å². The Morgan fingerprint density at radius 2 is 1.30 bits per heavy atom. The third-order valence-electron chi connectivity index (χ3n) is 17.0. The second-order valence-corrected chi connectivity index (χ2v) is 26.6. The minimum Gasteiger partial charge on any atom is -0.508 e. The van der Waals surface area contributed by atoms with Crippen molar-refractivity contribution >= 4 is 93.6 Å². The standard InChI is InChI=1S/C68H85FN14O12S2/c1-40-60(88)78-53(29-42-8-5-9-43(26-42)34-71)62(90)79-54(30-46-35-74-51-18-15-47(69)31-50(46)51)63(91)81-56(33-59(86)87)65(93)80-55(32-48-36-72-39-75-48)64(92)82-57(28-41-13-16-49(84)17-14-41)66(94)83-23-7-20-68(83,2)67(95)73-22-25-97-38-45-11-6-10-44(27-45)37-96-24-19-58(85)77-52(61(89)76-40)12-3-4-21-70/h5-6,8-11,13-18,26-27,31,35-36,39-40,52-57,74,84H,3-4,7,12,19-25,28-30,32-34,37-38,70-71H2,1-2H3,(H,72,75)(H,73,95)(H,76,89)(H,77,85)(H,78,88)(H,79,90)(H,80,93)(H,81,91)(H,82,92)(H,86,87)/t40-,52+,53+,54+,55+,56+,57+,68+/m1/s1. The van der Waals surface area contributed by atoms with Crippen LogP contribution in [0.3, 0.4) is 0 Å². The molecule has 1 saturated heterocycles. The molecule has 0 radical (unpaired) electrons. The molecular weight excluding hydrogens is 1290 g/mol. The summed E-state index contributed by atoms with van der Waals surface area (Å²) in [4.78, 5) is 155. The minimum atomic E-state index is -1.98. The lowest BCUT2D eigenvalue weighted by molar-refractivity contribution is -0.146. The maximum atomic E-state index is 15.1. The molecule has 8 rings (SSSR count). The number of carbonyl (C=O) groups is 10. The Morgan fingerprint density at radius 3 is 1.99 bits per heavy atom. The van der Waals surface area contributed by atoms with E-state index in [0.29, 0.717) is 94.1 Å². The van der Waals surface area contributed by atoms with Crippen LogP contribution in [0.2, 0.25) is 0 Å². The Balaban J connectivity index is 1.13. The number of carbonyl (C=O) groups excluding carboxylic acids is 9. The van der Waals surface area contributed by atoms with E-state index in [1.165, 1.54) is 72.6 Å². The van der Waals surface area contributed by atoms with Crippen molar-refractivity contribution in [2.24, 2.45) is 11.5 Å². The first kappa shape index (κ1) is 73.5.